The van der Waals surface area contributed by atoms with Crippen molar-refractivity contribution >= 4 is 37.6 Å². The first kappa shape index (κ1) is 15.8. The van der Waals surface area contributed by atoms with Crippen molar-refractivity contribution in [3.8, 4) is 0 Å². The predicted octanol–water partition coefficient (Wildman–Crippen LogP) is 2.25. The number of hydrogen-bond donors (Lipinski definition) is 1. The van der Waals surface area contributed by atoms with Crippen LogP contribution in [0.1, 0.15) is 5.56 Å². The van der Waals surface area contributed by atoms with Gasteiger partial charge in [0.15, 0.2) is 0 Å². The Bertz CT molecular complexity index is 524. The van der Waals surface area contributed by atoms with E-state index in [1.165, 1.54) is 19.2 Å². The minimum absolute atomic E-state index is 0.0704. The van der Waals surface area contributed by atoms with E-state index in [-0.39, 0.29) is 24.6 Å². The molecule has 1 rings (SSSR count). The number of sulfonamides is 1. The van der Waals surface area contributed by atoms with E-state index in [9.17, 15) is 12.8 Å². The second-order valence-electron chi connectivity index (χ2n) is 3.40. The zero-order valence-corrected chi connectivity index (χ0v) is 12.7. The van der Waals surface area contributed by atoms with Crippen LogP contribution < -0.4 is 4.72 Å². The molecular formula is C10H12BrClFNO3S. The average molecular weight is 361 g/mol. The molecule has 0 saturated carbocycles. The van der Waals surface area contributed by atoms with E-state index in [0.717, 1.165) is 0 Å². The largest absolute Gasteiger partial charge is 0.383 e. The summed E-state index contributed by atoms with van der Waals surface area (Å²) in [5.74, 6) is -0.940. The summed E-state index contributed by atoms with van der Waals surface area (Å²) in [5.41, 5.74) is 0.123. The molecule has 0 unspecified atom stereocenters. The number of alkyl halides is 1. The molecule has 8 heteroatoms. The molecule has 0 spiro atoms. The summed E-state index contributed by atoms with van der Waals surface area (Å²) in [7, 11) is -2.47. The molecule has 0 fully saturated rings. The number of hydrogen-bond acceptors (Lipinski definition) is 3. The first-order valence-corrected chi connectivity index (χ1v) is 7.76. The predicted molar refractivity (Wildman–Crippen MR) is 70.7 cm³/mol. The lowest BCUT2D eigenvalue weighted by Gasteiger charge is -2.10. The smallest absolute Gasteiger partial charge is 0.243 e. The van der Waals surface area contributed by atoms with Crippen LogP contribution in [0.2, 0.25) is 0 Å². The van der Waals surface area contributed by atoms with Crippen LogP contribution in [-0.2, 0) is 20.6 Å². The molecule has 1 aromatic carbocycles. The first-order chi connectivity index (χ1) is 8.42. The van der Waals surface area contributed by atoms with E-state index in [1.807, 2.05) is 0 Å². The molecule has 18 heavy (non-hydrogen) atoms. The third-order valence-corrected chi connectivity index (χ3v) is 4.32. The number of halogens is 3. The van der Waals surface area contributed by atoms with Crippen molar-refractivity contribution in [3.05, 3.63) is 28.0 Å². The van der Waals surface area contributed by atoms with Gasteiger partial charge in [0.25, 0.3) is 0 Å². The summed E-state index contributed by atoms with van der Waals surface area (Å²) < 4.78 is 45.1. The van der Waals surface area contributed by atoms with Crippen molar-refractivity contribution in [1.29, 1.82) is 0 Å². The van der Waals surface area contributed by atoms with Crippen LogP contribution >= 0.6 is 27.5 Å². The van der Waals surface area contributed by atoms with Crippen molar-refractivity contribution in [3.63, 3.8) is 0 Å². The summed E-state index contributed by atoms with van der Waals surface area (Å²) in [4.78, 5) is -0.427. The highest BCUT2D eigenvalue weighted by atomic mass is 79.9. The average Bonchev–Trinajstić information content (AvgIpc) is 2.31. The Morgan fingerprint density at radius 1 is 1.50 bits per heavy atom. The molecule has 0 saturated heterocycles. The highest BCUT2D eigenvalue weighted by Crippen LogP contribution is 2.25. The maximum absolute atomic E-state index is 13.9. The molecule has 0 amide bonds. The van der Waals surface area contributed by atoms with Gasteiger partial charge in [0.1, 0.15) is 10.7 Å². The van der Waals surface area contributed by atoms with Gasteiger partial charge < -0.3 is 4.74 Å². The summed E-state index contributed by atoms with van der Waals surface area (Å²) in [6.45, 7) is 0.276. The monoisotopic (exact) mass is 359 g/mol. The zero-order valence-electron chi connectivity index (χ0n) is 9.54. The Morgan fingerprint density at radius 2 is 2.17 bits per heavy atom. The van der Waals surface area contributed by atoms with Gasteiger partial charge in [-0.15, -0.1) is 11.6 Å². The van der Waals surface area contributed by atoms with Gasteiger partial charge in [0.05, 0.1) is 12.5 Å². The fourth-order valence-corrected chi connectivity index (χ4v) is 3.27. The van der Waals surface area contributed by atoms with Crippen LogP contribution in [0.3, 0.4) is 0 Å². The summed E-state index contributed by atoms with van der Waals surface area (Å²) in [5, 5.41) is 0. The van der Waals surface area contributed by atoms with Crippen LogP contribution in [-0.4, -0.2) is 28.7 Å². The van der Waals surface area contributed by atoms with E-state index in [4.69, 9.17) is 16.3 Å². The van der Waals surface area contributed by atoms with E-state index in [1.54, 1.807) is 0 Å². The molecular weight excluding hydrogens is 349 g/mol. The van der Waals surface area contributed by atoms with Gasteiger partial charge >= 0.3 is 0 Å². The first-order valence-electron chi connectivity index (χ1n) is 4.95. The highest BCUT2D eigenvalue weighted by Gasteiger charge is 2.21. The Kier molecular flexibility index (Phi) is 6.00. The van der Waals surface area contributed by atoms with E-state index in [2.05, 4.69) is 20.7 Å². The summed E-state index contributed by atoms with van der Waals surface area (Å²) in [6.07, 6.45) is 0. The Balaban J connectivity index is 3.12. The van der Waals surface area contributed by atoms with Crippen LogP contribution in [0.25, 0.3) is 0 Å². The van der Waals surface area contributed by atoms with E-state index >= 15 is 0 Å². The molecule has 0 heterocycles. The van der Waals surface area contributed by atoms with Crippen LogP contribution in [0.15, 0.2) is 21.5 Å². The SMILES string of the molecule is COCCNS(=O)(=O)c1cc(Br)cc(CCl)c1F. The molecule has 4 nitrogen and oxygen atoms in total. The molecule has 0 aliphatic carbocycles. The van der Waals surface area contributed by atoms with E-state index < -0.39 is 20.7 Å². The molecule has 0 aromatic heterocycles. The molecule has 0 aliphatic heterocycles. The second-order valence-corrected chi connectivity index (χ2v) is 6.32. The van der Waals surface area contributed by atoms with Gasteiger partial charge in [-0.3, -0.25) is 0 Å². The highest BCUT2D eigenvalue weighted by molar-refractivity contribution is 9.10. The van der Waals surface area contributed by atoms with Crippen LogP contribution in [0.5, 0.6) is 0 Å². The lowest BCUT2D eigenvalue weighted by atomic mass is 10.2. The Morgan fingerprint density at radius 3 is 2.72 bits per heavy atom. The lowest BCUT2D eigenvalue weighted by Crippen LogP contribution is -2.28. The van der Waals surface area contributed by atoms with Crippen molar-refractivity contribution in [2.75, 3.05) is 20.3 Å². The fourth-order valence-electron chi connectivity index (χ4n) is 1.27. The van der Waals surface area contributed by atoms with Gasteiger partial charge in [-0.25, -0.2) is 17.5 Å². The van der Waals surface area contributed by atoms with Crippen molar-refractivity contribution in [2.45, 2.75) is 10.8 Å². The maximum atomic E-state index is 13.9. The minimum atomic E-state index is -3.91. The molecule has 102 valence electrons. The molecule has 1 N–H and O–H groups in total. The lowest BCUT2D eigenvalue weighted by molar-refractivity contribution is 0.204. The Hall–Kier alpha value is -0.210. The van der Waals surface area contributed by atoms with Gasteiger partial charge in [0, 0.05) is 23.7 Å². The van der Waals surface area contributed by atoms with Crippen LogP contribution in [0, 0.1) is 5.82 Å². The molecule has 0 bridgehead atoms. The van der Waals surface area contributed by atoms with Crippen molar-refractivity contribution < 1.29 is 17.5 Å². The summed E-state index contributed by atoms with van der Waals surface area (Å²) in [6, 6.07) is 2.64. The molecule has 1 aromatic rings. The third-order valence-electron chi connectivity index (χ3n) is 2.11. The minimum Gasteiger partial charge on any atom is -0.383 e. The maximum Gasteiger partial charge on any atom is 0.243 e. The van der Waals surface area contributed by atoms with Crippen LogP contribution in [0.4, 0.5) is 4.39 Å². The second kappa shape index (κ2) is 6.81. The molecule has 0 atom stereocenters. The zero-order chi connectivity index (χ0) is 13.8. The van der Waals surface area contributed by atoms with Gasteiger partial charge in [-0.05, 0) is 12.1 Å². The normalized spacial score (nSPS) is 11.8. The third kappa shape index (κ3) is 3.89. The quantitative estimate of drug-likeness (QED) is 0.625. The Labute approximate surface area is 119 Å². The topological polar surface area (TPSA) is 55.4 Å². The molecule has 0 radical (unpaired) electrons. The van der Waals surface area contributed by atoms with E-state index in [0.29, 0.717) is 4.47 Å². The fraction of sp³-hybridized carbons (Fsp3) is 0.400. The van der Waals surface area contributed by atoms with Gasteiger partial charge in [-0.2, -0.15) is 0 Å². The number of methoxy groups -OCH3 is 1. The number of nitrogens with one attached hydrogen (secondary N) is 1. The number of rotatable bonds is 6. The number of ether oxygens (including phenoxy) is 1. The van der Waals surface area contributed by atoms with Crippen molar-refractivity contribution in [1.82, 2.24) is 4.72 Å². The van der Waals surface area contributed by atoms with Gasteiger partial charge in [0.2, 0.25) is 10.0 Å². The molecule has 0 aliphatic rings. The van der Waals surface area contributed by atoms with Gasteiger partial charge in [-0.1, -0.05) is 15.9 Å². The number of benzene rings is 1. The standard InChI is InChI=1S/C10H12BrClFNO3S/c1-17-3-2-14-18(15,16)9-5-8(11)4-7(6-12)10(9)13/h4-5,14H,2-3,6H2,1H3. The summed E-state index contributed by atoms with van der Waals surface area (Å²) >= 11 is 8.68. The van der Waals surface area contributed by atoms with Crippen molar-refractivity contribution in [2.24, 2.45) is 0 Å².